The average molecular weight is 541 g/mol. The summed E-state index contributed by atoms with van der Waals surface area (Å²) in [6, 6.07) is 9.94. The van der Waals surface area contributed by atoms with Gasteiger partial charge in [0.1, 0.15) is 17.3 Å². The van der Waals surface area contributed by atoms with Crippen LogP contribution in [-0.4, -0.2) is 93.2 Å². The van der Waals surface area contributed by atoms with E-state index >= 15 is 0 Å². The Morgan fingerprint density at radius 3 is 2.26 bits per heavy atom. The molecular weight excluding hydrogens is 507 g/mol. The first-order chi connectivity index (χ1) is 18.8. The van der Waals surface area contributed by atoms with Crippen molar-refractivity contribution in [3.05, 3.63) is 70.7 Å². The van der Waals surface area contributed by atoms with Crippen LogP contribution in [0.5, 0.6) is 11.5 Å². The number of halogens is 1. The number of nitrogens with one attached hydrogen (secondary N) is 1. The molecule has 0 radical (unpaired) electrons. The molecule has 2 heterocycles. The number of benzene rings is 2. The van der Waals surface area contributed by atoms with Gasteiger partial charge in [-0.1, -0.05) is 12.1 Å². The second-order valence-electron chi connectivity index (χ2n) is 9.22. The Balaban J connectivity index is 1.62. The van der Waals surface area contributed by atoms with Crippen molar-refractivity contribution in [3.8, 4) is 11.5 Å². The summed E-state index contributed by atoms with van der Waals surface area (Å²) in [5.41, 5.74) is 1.45. The number of hydrogen-bond donors (Lipinski definition) is 1. The number of hydrogen-bond acceptors (Lipinski definition) is 7. The molecule has 1 saturated heterocycles. The third kappa shape index (κ3) is 5.98. The van der Waals surface area contributed by atoms with Crippen molar-refractivity contribution < 1.29 is 33.0 Å². The molecule has 0 aliphatic carbocycles. The van der Waals surface area contributed by atoms with Crippen LogP contribution in [0, 0.1) is 5.82 Å². The van der Waals surface area contributed by atoms with E-state index in [2.05, 4.69) is 10.2 Å². The highest BCUT2D eigenvalue weighted by Gasteiger charge is 2.38. The molecule has 10 nitrogen and oxygen atoms in total. The topological polar surface area (TPSA) is 101 Å². The Morgan fingerprint density at radius 1 is 1.03 bits per heavy atom. The summed E-state index contributed by atoms with van der Waals surface area (Å²) in [5, 5.41) is 2.90. The van der Waals surface area contributed by atoms with Crippen molar-refractivity contribution >= 4 is 17.9 Å². The van der Waals surface area contributed by atoms with Crippen molar-refractivity contribution in [2.45, 2.75) is 13.0 Å². The van der Waals surface area contributed by atoms with Crippen LogP contribution in [0.4, 0.5) is 9.18 Å². The monoisotopic (exact) mass is 540 g/mol. The Kier molecular flexibility index (Phi) is 8.70. The Bertz CT molecular complexity index is 1250. The number of methoxy groups -OCH3 is 2. The molecular formula is C28H33FN4O6. The zero-order valence-electron chi connectivity index (χ0n) is 22.5. The molecule has 2 aromatic rings. The smallest absolute Gasteiger partial charge is 0.338 e. The third-order valence-corrected chi connectivity index (χ3v) is 6.92. The molecule has 1 N–H and O–H groups in total. The van der Waals surface area contributed by atoms with Crippen molar-refractivity contribution in [1.82, 2.24) is 20.0 Å². The summed E-state index contributed by atoms with van der Waals surface area (Å²) < 4.78 is 30.4. The molecule has 208 valence electrons. The Morgan fingerprint density at radius 2 is 1.67 bits per heavy atom. The molecule has 1 fully saturated rings. The third-order valence-electron chi connectivity index (χ3n) is 6.92. The molecule has 4 rings (SSSR count). The van der Waals surface area contributed by atoms with Gasteiger partial charge in [-0.15, -0.1) is 0 Å². The van der Waals surface area contributed by atoms with E-state index in [4.69, 9.17) is 14.2 Å². The molecule has 2 aromatic carbocycles. The van der Waals surface area contributed by atoms with Crippen LogP contribution in [0.3, 0.4) is 0 Å². The van der Waals surface area contributed by atoms with Crippen LogP contribution in [0.2, 0.25) is 0 Å². The van der Waals surface area contributed by atoms with E-state index < -0.39 is 17.8 Å². The lowest BCUT2D eigenvalue weighted by atomic mass is 9.93. The van der Waals surface area contributed by atoms with Crippen LogP contribution < -0.4 is 14.8 Å². The Labute approximate surface area is 226 Å². The highest BCUT2D eigenvalue weighted by atomic mass is 19.1. The summed E-state index contributed by atoms with van der Waals surface area (Å²) in [7, 11) is 4.65. The van der Waals surface area contributed by atoms with E-state index in [1.54, 1.807) is 49.2 Å². The van der Waals surface area contributed by atoms with E-state index in [0.29, 0.717) is 54.5 Å². The van der Waals surface area contributed by atoms with Gasteiger partial charge in [0, 0.05) is 51.5 Å². The molecule has 1 atom stereocenters. The number of esters is 1. The number of ether oxygens (including phenoxy) is 3. The van der Waals surface area contributed by atoms with Crippen LogP contribution in [-0.2, 0) is 9.53 Å². The SMILES string of the molecule is CCOC(=O)C1=C(CN2CCN(C(=O)c3ccccc3F)CC2)N(C)C(=O)N[C@H]1c1cc(OC)cc(OC)c1. The fourth-order valence-electron chi connectivity index (χ4n) is 4.77. The van der Waals surface area contributed by atoms with Gasteiger partial charge >= 0.3 is 12.0 Å². The summed E-state index contributed by atoms with van der Waals surface area (Å²) in [6.07, 6.45) is 0. The Hall–Kier alpha value is -4.12. The minimum Gasteiger partial charge on any atom is -0.497 e. The van der Waals surface area contributed by atoms with E-state index in [0.717, 1.165) is 0 Å². The molecule has 0 spiro atoms. The van der Waals surface area contributed by atoms with E-state index in [1.807, 2.05) is 0 Å². The standard InChI is InChI=1S/C28H33FN4O6/c1-5-39-27(35)24-23(17-32-10-12-33(13-11-32)26(34)21-8-6-7-9-22(21)29)31(2)28(36)30-25(24)18-14-19(37-3)16-20(15-18)38-4/h6-9,14-16,25H,5,10-13,17H2,1-4H3,(H,30,36)/t25-/m0/s1. The number of amides is 3. The number of carbonyl (C=O) groups excluding carboxylic acids is 3. The lowest BCUT2D eigenvalue weighted by molar-refractivity contribution is -0.139. The molecule has 0 saturated carbocycles. The van der Waals surface area contributed by atoms with Gasteiger partial charge in [-0.2, -0.15) is 0 Å². The summed E-state index contributed by atoms with van der Waals surface area (Å²) in [5.74, 6) is -0.431. The number of nitrogens with zero attached hydrogens (tertiary/aromatic N) is 3. The predicted octanol–water partition coefficient (Wildman–Crippen LogP) is 2.81. The molecule has 0 unspecified atom stereocenters. The highest BCUT2D eigenvalue weighted by Crippen LogP contribution is 2.35. The normalized spacial score (nSPS) is 18.1. The van der Waals surface area contributed by atoms with Crippen LogP contribution in [0.25, 0.3) is 0 Å². The summed E-state index contributed by atoms with van der Waals surface area (Å²) >= 11 is 0. The fraction of sp³-hybridized carbons (Fsp3) is 0.393. The highest BCUT2D eigenvalue weighted by molar-refractivity contribution is 5.95. The van der Waals surface area contributed by atoms with Gasteiger partial charge in [0.15, 0.2) is 0 Å². The van der Waals surface area contributed by atoms with Crippen molar-refractivity contribution in [1.29, 1.82) is 0 Å². The van der Waals surface area contributed by atoms with Crippen molar-refractivity contribution in [2.24, 2.45) is 0 Å². The first-order valence-electron chi connectivity index (χ1n) is 12.7. The van der Waals surface area contributed by atoms with Gasteiger partial charge in [0.05, 0.1) is 38.0 Å². The maximum atomic E-state index is 14.1. The second-order valence-corrected chi connectivity index (χ2v) is 9.22. The number of rotatable bonds is 8. The zero-order chi connectivity index (χ0) is 28.1. The van der Waals surface area contributed by atoms with E-state index in [9.17, 15) is 18.8 Å². The molecule has 3 amide bonds. The lowest BCUT2D eigenvalue weighted by Crippen LogP contribution is -2.53. The lowest BCUT2D eigenvalue weighted by Gasteiger charge is -2.39. The van der Waals surface area contributed by atoms with Gasteiger partial charge in [-0.05, 0) is 36.8 Å². The number of carbonyl (C=O) groups is 3. The van der Waals surface area contributed by atoms with Crippen molar-refractivity contribution in [3.63, 3.8) is 0 Å². The van der Waals surface area contributed by atoms with Gasteiger partial charge in [-0.3, -0.25) is 14.6 Å². The van der Waals surface area contributed by atoms with Gasteiger partial charge in [0.2, 0.25) is 0 Å². The average Bonchev–Trinajstić information content (AvgIpc) is 2.95. The van der Waals surface area contributed by atoms with Gasteiger partial charge in [-0.25, -0.2) is 14.0 Å². The minimum atomic E-state index is -0.796. The number of piperazine rings is 1. The maximum absolute atomic E-state index is 14.1. The number of likely N-dealkylation sites (N-methyl/N-ethyl adjacent to an activating group) is 1. The molecule has 11 heteroatoms. The van der Waals surface area contributed by atoms with E-state index in [-0.39, 0.29) is 30.7 Å². The second kappa shape index (κ2) is 12.2. The zero-order valence-corrected chi connectivity index (χ0v) is 22.5. The molecule has 2 aliphatic heterocycles. The number of urea groups is 1. The van der Waals surface area contributed by atoms with Crippen LogP contribution >= 0.6 is 0 Å². The van der Waals surface area contributed by atoms with E-state index in [1.165, 1.54) is 31.3 Å². The first kappa shape index (κ1) is 27.9. The quantitative estimate of drug-likeness (QED) is 0.514. The molecule has 39 heavy (non-hydrogen) atoms. The molecule has 0 bridgehead atoms. The molecule has 0 aromatic heterocycles. The largest absolute Gasteiger partial charge is 0.497 e. The maximum Gasteiger partial charge on any atom is 0.338 e. The fourth-order valence-corrected chi connectivity index (χ4v) is 4.77. The van der Waals surface area contributed by atoms with Gasteiger partial charge < -0.3 is 24.4 Å². The van der Waals surface area contributed by atoms with Crippen LogP contribution in [0.15, 0.2) is 53.7 Å². The minimum absolute atomic E-state index is 0.0403. The van der Waals surface area contributed by atoms with Crippen LogP contribution in [0.1, 0.15) is 28.9 Å². The van der Waals surface area contributed by atoms with Gasteiger partial charge in [0.25, 0.3) is 5.91 Å². The predicted molar refractivity (Wildman–Crippen MR) is 141 cm³/mol. The first-order valence-corrected chi connectivity index (χ1v) is 12.7. The molecule has 2 aliphatic rings. The van der Waals surface area contributed by atoms with Crippen molar-refractivity contribution in [2.75, 3.05) is 60.6 Å². The summed E-state index contributed by atoms with van der Waals surface area (Å²) in [6.45, 7) is 3.87. The summed E-state index contributed by atoms with van der Waals surface area (Å²) in [4.78, 5) is 44.3.